The molecule has 122 valence electrons. The summed E-state index contributed by atoms with van der Waals surface area (Å²) < 4.78 is 1.91. The van der Waals surface area contributed by atoms with Gasteiger partial charge in [0.2, 0.25) is 0 Å². The summed E-state index contributed by atoms with van der Waals surface area (Å²) in [5, 5.41) is 4.30. The molecule has 0 amide bonds. The number of benzene rings is 1. The molecule has 2 aromatic rings. The summed E-state index contributed by atoms with van der Waals surface area (Å²) >= 11 is 0. The molecular formula is C19H26N4. The molecule has 1 aromatic carbocycles. The van der Waals surface area contributed by atoms with E-state index in [1.807, 2.05) is 17.9 Å². The van der Waals surface area contributed by atoms with Crippen molar-refractivity contribution in [1.82, 2.24) is 19.6 Å². The van der Waals surface area contributed by atoms with Gasteiger partial charge in [-0.25, -0.2) is 0 Å². The number of rotatable bonds is 5. The van der Waals surface area contributed by atoms with Crippen molar-refractivity contribution in [3.8, 4) is 0 Å². The topological polar surface area (TPSA) is 24.3 Å². The zero-order valence-corrected chi connectivity index (χ0v) is 14.0. The second kappa shape index (κ2) is 6.10. The Hall–Kier alpha value is -1.65. The van der Waals surface area contributed by atoms with E-state index in [2.05, 4.69) is 51.4 Å². The quantitative estimate of drug-likeness (QED) is 0.847. The Balaban J connectivity index is 1.32. The van der Waals surface area contributed by atoms with Crippen LogP contribution in [0.3, 0.4) is 0 Å². The minimum atomic E-state index is 0.437. The zero-order valence-electron chi connectivity index (χ0n) is 14.0. The fourth-order valence-electron chi connectivity index (χ4n) is 4.13. The van der Waals surface area contributed by atoms with Crippen LogP contribution in [0.5, 0.6) is 0 Å². The van der Waals surface area contributed by atoms with Crippen LogP contribution >= 0.6 is 0 Å². The second-order valence-corrected chi connectivity index (χ2v) is 7.18. The molecule has 4 rings (SSSR count). The highest BCUT2D eigenvalue weighted by Gasteiger charge is 2.48. The molecule has 4 nitrogen and oxygen atoms in total. The fourth-order valence-corrected chi connectivity index (χ4v) is 4.13. The van der Waals surface area contributed by atoms with Crippen LogP contribution in [0.4, 0.5) is 0 Å². The average molecular weight is 310 g/mol. The Bertz CT molecular complexity index is 650. The van der Waals surface area contributed by atoms with Crippen molar-refractivity contribution in [2.75, 3.05) is 26.2 Å². The highest BCUT2D eigenvalue weighted by Crippen LogP contribution is 2.40. The predicted octanol–water partition coefficient (Wildman–Crippen LogP) is 2.31. The Morgan fingerprint density at radius 2 is 1.91 bits per heavy atom. The molecule has 0 radical (unpaired) electrons. The smallest absolute Gasteiger partial charge is 0.0534 e. The number of hydrogen-bond donors (Lipinski definition) is 0. The minimum Gasteiger partial charge on any atom is -0.301 e. The first-order valence-corrected chi connectivity index (χ1v) is 8.72. The SMILES string of the molecule is Cn1cc(CN2CCC23CCN(CCc2ccccc2)C3)cn1. The molecule has 3 heterocycles. The summed E-state index contributed by atoms with van der Waals surface area (Å²) in [6, 6.07) is 10.9. The van der Waals surface area contributed by atoms with E-state index in [9.17, 15) is 0 Å². The average Bonchev–Trinajstić information content (AvgIpc) is 3.18. The van der Waals surface area contributed by atoms with Crippen LogP contribution in [0, 0.1) is 0 Å². The van der Waals surface area contributed by atoms with Gasteiger partial charge in [-0.2, -0.15) is 5.10 Å². The van der Waals surface area contributed by atoms with E-state index < -0.39 is 0 Å². The molecule has 0 aliphatic carbocycles. The molecule has 2 aliphatic heterocycles. The number of hydrogen-bond acceptors (Lipinski definition) is 3. The lowest BCUT2D eigenvalue weighted by Gasteiger charge is -2.51. The lowest BCUT2D eigenvalue weighted by atomic mass is 9.83. The van der Waals surface area contributed by atoms with E-state index in [1.165, 1.54) is 56.6 Å². The van der Waals surface area contributed by atoms with Crippen LogP contribution in [0.1, 0.15) is 24.0 Å². The summed E-state index contributed by atoms with van der Waals surface area (Å²) in [7, 11) is 2.00. The molecule has 1 aromatic heterocycles. The monoisotopic (exact) mass is 310 g/mol. The molecule has 2 aliphatic rings. The van der Waals surface area contributed by atoms with E-state index >= 15 is 0 Å². The van der Waals surface area contributed by atoms with Gasteiger partial charge in [0, 0.05) is 57.1 Å². The van der Waals surface area contributed by atoms with Gasteiger partial charge in [-0.3, -0.25) is 9.58 Å². The van der Waals surface area contributed by atoms with E-state index in [1.54, 1.807) is 0 Å². The van der Waals surface area contributed by atoms with Gasteiger partial charge >= 0.3 is 0 Å². The highest BCUT2D eigenvalue weighted by atomic mass is 15.3. The molecule has 4 heteroatoms. The summed E-state index contributed by atoms with van der Waals surface area (Å²) in [5.41, 5.74) is 3.23. The number of aryl methyl sites for hydroxylation is 1. The Morgan fingerprint density at radius 1 is 1.09 bits per heavy atom. The van der Waals surface area contributed by atoms with Gasteiger partial charge in [-0.05, 0) is 24.8 Å². The maximum absolute atomic E-state index is 4.30. The number of likely N-dealkylation sites (tertiary alicyclic amines) is 2. The van der Waals surface area contributed by atoms with Crippen molar-refractivity contribution in [3.63, 3.8) is 0 Å². The molecule has 1 unspecified atom stereocenters. The molecule has 2 saturated heterocycles. The van der Waals surface area contributed by atoms with Crippen molar-refractivity contribution in [3.05, 3.63) is 53.9 Å². The summed E-state index contributed by atoms with van der Waals surface area (Å²) in [4.78, 5) is 5.33. The molecule has 0 saturated carbocycles. The van der Waals surface area contributed by atoms with Crippen LogP contribution in [0.25, 0.3) is 0 Å². The zero-order chi connectivity index (χ0) is 15.7. The van der Waals surface area contributed by atoms with E-state index in [4.69, 9.17) is 0 Å². The van der Waals surface area contributed by atoms with Crippen molar-refractivity contribution in [2.24, 2.45) is 7.05 Å². The molecule has 0 N–H and O–H groups in total. The van der Waals surface area contributed by atoms with E-state index in [0.717, 1.165) is 6.54 Å². The summed E-state index contributed by atoms with van der Waals surface area (Å²) in [6.07, 6.45) is 8.00. The van der Waals surface area contributed by atoms with E-state index in [-0.39, 0.29) is 0 Å². The van der Waals surface area contributed by atoms with Crippen LogP contribution in [0.15, 0.2) is 42.7 Å². The van der Waals surface area contributed by atoms with Gasteiger partial charge in [0.15, 0.2) is 0 Å². The van der Waals surface area contributed by atoms with Crippen LogP contribution in [-0.2, 0) is 20.0 Å². The summed E-state index contributed by atoms with van der Waals surface area (Å²) in [5.74, 6) is 0. The van der Waals surface area contributed by atoms with Gasteiger partial charge in [-0.1, -0.05) is 30.3 Å². The van der Waals surface area contributed by atoms with Crippen molar-refractivity contribution in [2.45, 2.75) is 31.3 Å². The van der Waals surface area contributed by atoms with Crippen molar-refractivity contribution >= 4 is 0 Å². The van der Waals surface area contributed by atoms with Crippen LogP contribution in [-0.4, -0.2) is 51.3 Å². The third-order valence-electron chi connectivity index (χ3n) is 5.62. The minimum absolute atomic E-state index is 0.437. The molecule has 23 heavy (non-hydrogen) atoms. The first-order chi connectivity index (χ1) is 11.2. The third-order valence-corrected chi connectivity index (χ3v) is 5.62. The van der Waals surface area contributed by atoms with Gasteiger partial charge in [0.05, 0.1) is 6.20 Å². The Labute approximate surface area is 138 Å². The molecule has 1 spiro atoms. The largest absolute Gasteiger partial charge is 0.301 e. The second-order valence-electron chi connectivity index (χ2n) is 7.18. The molecule has 2 fully saturated rings. The standard InChI is InChI=1S/C19H26N4/c1-21-14-18(13-20-21)15-23-12-9-19(23)8-11-22(16-19)10-7-17-5-3-2-4-6-17/h2-6,13-14H,7-12,15-16H2,1H3. The van der Waals surface area contributed by atoms with Crippen molar-refractivity contribution < 1.29 is 0 Å². The molecular weight excluding hydrogens is 284 g/mol. The summed E-state index contributed by atoms with van der Waals surface area (Å²) in [6.45, 7) is 5.96. The molecule has 1 atom stereocenters. The molecule has 0 bridgehead atoms. The first-order valence-electron chi connectivity index (χ1n) is 8.72. The van der Waals surface area contributed by atoms with Gasteiger partial charge in [-0.15, -0.1) is 0 Å². The van der Waals surface area contributed by atoms with Crippen molar-refractivity contribution in [1.29, 1.82) is 0 Å². The maximum atomic E-state index is 4.30. The lowest BCUT2D eigenvalue weighted by molar-refractivity contribution is -0.0140. The third kappa shape index (κ3) is 3.06. The maximum Gasteiger partial charge on any atom is 0.0534 e. The Kier molecular flexibility index (Phi) is 3.95. The number of aromatic nitrogens is 2. The van der Waals surface area contributed by atoms with Gasteiger partial charge in [0.1, 0.15) is 0 Å². The van der Waals surface area contributed by atoms with Gasteiger partial charge < -0.3 is 4.90 Å². The number of nitrogens with zero attached hydrogens (tertiary/aromatic N) is 4. The lowest BCUT2D eigenvalue weighted by Crippen LogP contribution is -2.60. The predicted molar refractivity (Wildman–Crippen MR) is 92.2 cm³/mol. The highest BCUT2D eigenvalue weighted by molar-refractivity contribution is 5.16. The first kappa shape index (κ1) is 14.9. The normalized spacial score (nSPS) is 25.1. The van der Waals surface area contributed by atoms with E-state index in [0.29, 0.717) is 5.54 Å². The van der Waals surface area contributed by atoms with Crippen LogP contribution in [0.2, 0.25) is 0 Å². The van der Waals surface area contributed by atoms with Gasteiger partial charge in [0.25, 0.3) is 0 Å². The van der Waals surface area contributed by atoms with Crippen LogP contribution < -0.4 is 0 Å². The Morgan fingerprint density at radius 3 is 2.61 bits per heavy atom. The fraction of sp³-hybridized carbons (Fsp3) is 0.526.